The van der Waals surface area contributed by atoms with E-state index in [1.165, 1.54) is 22.9 Å². The number of carboxylic acids is 1. The van der Waals surface area contributed by atoms with Gasteiger partial charge in [0.15, 0.2) is 4.80 Å². The number of esters is 1. The van der Waals surface area contributed by atoms with Crippen molar-refractivity contribution in [2.24, 2.45) is 4.99 Å². The molecule has 0 amide bonds. The number of carboxylic acid groups (broad SMARTS) is 1. The average molecular weight is 532 g/mol. The zero-order valence-electron chi connectivity index (χ0n) is 18.5. The fraction of sp³-hybridized carbons (Fsp3) is 0.167. The number of hydrogen-bond acceptors (Lipinski definition) is 7. The van der Waals surface area contributed by atoms with Gasteiger partial charge >= 0.3 is 11.9 Å². The predicted molar refractivity (Wildman–Crippen MR) is 135 cm³/mol. The van der Waals surface area contributed by atoms with Crippen molar-refractivity contribution in [3.05, 3.63) is 94.6 Å². The highest BCUT2D eigenvalue weighted by Gasteiger charge is 2.33. The number of hydrogen-bond donors (Lipinski definition) is 2. The molecule has 0 saturated heterocycles. The van der Waals surface area contributed by atoms with Crippen molar-refractivity contribution in [3.8, 4) is 0 Å². The van der Waals surface area contributed by atoms with Gasteiger partial charge in [0, 0.05) is 16.9 Å². The van der Waals surface area contributed by atoms with Crippen LogP contribution in [0.15, 0.2) is 63.5 Å². The molecule has 2 N–H and O–H groups in total. The first kappa shape index (κ1) is 24.7. The number of rotatable bonds is 6. The Labute approximate surface area is 213 Å². The number of nitrogens with one attached hydrogen (secondary N) is 1. The molecule has 0 spiro atoms. The summed E-state index contributed by atoms with van der Waals surface area (Å²) in [4.78, 5) is 42.6. The maximum Gasteiger partial charge on any atom is 0.338 e. The molecule has 11 heteroatoms. The average Bonchev–Trinajstić information content (AvgIpc) is 3.13. The molecule has 1 atom stereocenters. The van der Waals surface area contributed by atoms with E-state index in [0.717, 1.165) is 11.3 Å². The smallest absolute Gasteiger partial charge is 0.338 e. The number of halogens is 2. The van der Waals surface area contributed by atoms with E-state index in [2.05, 4.69) is 10.3 Å². The lowest BCUT2D eigenvalue weighted by Gasteiger charge is -2.24. The van der Waals surface area contributed by atoms with Crippen LogP contribution in [-0.4, -0.2) is 28.2 Å². The number of ether oxygens (including phenoxy) is 1. The van der Waals surface area contributed by atoms with Crippen LogP contribution in [0.25, 0.3) is 6.20 Å². The van der Waals surface area contributed by atoms with Crippen molar-refractivity contribution < 1.29 is 19.4 Å². The van der Waals surface area contributed by atoms with E-state index >= 15 is 0 Å². The van der Waals surface area contributed by atoms with Crippen molar-refractivity contribution in [3.63, 3.8) is 0 Å². The van der Waals surface area contributed by atoms with Crippen molar-refractivity contribution >= 4 is 58.4 Å². The molecule has 4 rings (SSSR count). The number of carbonyl (C=O) groups excluding carboxylic acids is 1. The third-order valence-electron chi connectivity index (χ3n) is 5.27. The van der Waals surface area contributed by atoms with Crippen molar-refractivity contribution in [1.82, 2.24) is 4.57 Å². The lowest BCUT2D eigenvalue weighted by atomic mass is 9.96. The largest absolute Gasteiger partial charge is 0.478 e. The molecule has 1 aliphatic heterocycles. The predicted octanol–water partition coefficient (Wildman–Crippen LogP) is 3.82. The van der Waals surface area contributed by atoms with Crippen LogP contribution in [0.4, 0.5) is 5.69 Å². The molecular weight excluding hydrogens is 513 g/mol. The molecule has 1 aliphatic rings. The molecule has 0 saturated carbocycles. The van der Waals surface area contributed by atoms with Crippen LogP contribution < -0.4 is 20.2 Å². The number of carbonyl (C=O) groups is 2. The number of nitrogens with zero attached hydrogens (tertiary/aromatic N) is 2. The van der Waals surface area contributed by atoms with Gasteiger partial charge in [-0.05, 0) is 49.7 Å². The van der Waals surface area contributed by atoms with Crippen LogP contribution in [0.5, 0.6) is 0 Å². The van der Waals surface area contributed by atoms with Gasteiger partial charge in [-0.15, -0.1) is 0 Å². The van der Waals surface area contributed by atoms with Crippen LogP contribution in [-0.2, 0) is 9.53 Å². The molecule has 0 aliphatic carbocycles. The standard InChI is InChI=1S/C24H19Cl2N3O5S/c1-3-34-23(33)19-12(2)28-24-29(20(19)13-4-6-14(25)7-5-13)21(30)18(35-24)11-27-15-8-9-17(26)16(10-15)22(31)32/h4-11,20,27H,3H2,1-2H3,(H,31,32)/b18-11-/t20-/m1/s1. The molecule has 35 heavy (non-hydrogen) atoms. The van der Waals surface area contributed by atoms with E-state index in [4.69, 9.17) is 27.9 Å². The van der Waals surface area contributed by atoms with Crippen LogP contribution in [0.2, 0.25) is 10.0 Å². The van der Waals surface area contributed by atoms with Crippen LogP contribution >= 0.6 is 34.5 Å². The van der Waals surface area contributed by atoms with Crippen molar-refractivity contribution in [2.75, 3.05) is 11.9 Å². The van der Waals surface area contributed by atoms with Gasteiger partial charge in [0.1, 0.15) is 4.53 Å². The number of benzene rings is 2. The van der Waals surface area contributed by atoms with Gasteiger partial charge < -0.3 is 15.2 Å². The van der Waals surface area contributed by atoms with Gasteiger partial charge in [0.25, 0.3) is 5.56 Å². The van der Waals surface area contributed by atoms with E-state index in [1.807, 2.05) is 0 Å². The molecule has 0 unspecified atom stereocenters. The molecule has 2 aromatic carbocycles. The van der Waals surface area contributed by atoms with E-state index in [0.29, 0.717) is 31.3 Å². The van der Waals surface area contributed by atoms with E-state index in [1.54, 1.807) is 44.2 Å². The third-order valence-corrected chi connectivity index (χ3v) is 6.83. The summed E-state index contributed by atoms with van der Waals surface area (Å²) in [5, 5.41) is 12.9. The SMILES string of the molecule is CCOC(=O)C1=C(C)N=c2s/c(=C\Nc3ccc(Cl)c(C(=O)O)c3)c(=O)n2[C@@H]1c1ccc(Cl)cc1. The number of thiazole rings is 1. The Balaban J connectivity index is 1.83. The fourth-order valence-corrected chi connectivity index (χ4v) is 4.97. The van der Waals surface area contributed by atoms with Gasteiger partial charge in [-0.1, -0.05) is 46.7 Å². The second-order valence-corrected chi connectivity index (χ2v) is 9.35. The zero-order valence-corrected chi connectivity index (χ0v) is 20.9. The maximum absolute atomic E-state index is 13.5. The van der Waals surface area contributed by atoms with Gasteiger partial charge in [-0.2, -0.15) is 0 Å². The van der Waals surface area contributed by atoms with Gasteiger partial charge in [0.2, 0.25) is 0 Å². The Morgan fingerprint density at radius 2 is 1.94 bits per heavy atom. The van der Waals surface area contributed by atoms with Crippen molar-refractivity contribution in [1.29, 1.82) is 0 Å². The Morgan fingerprint density at radius 1 is 1.23 bits per heavy atom. The van der Waals surface area contributed by atoms with E-state index < -0.39 is 18.0 Å². The van der Waals surface area contributed by atoms with Gasteiger partial charge in [-0.3, -0.25) is 9.36 Å². The minimum Gasteiger partial charge on any atom is -0.478 e. The topological polar surface area (TPSA) is 110 Å². The molecule has 1 aromatic heterocycles. The molecule has 0 bridgehead atoms. The monoisotopic (exact) mass is 531 g/mol. The first-order valence-corrected chi connectivity index (χ1v) is 12.0. The molecule has 180 valence electrons. The van der Waals surface area contributed by atoms with Gasteiger partial charge in [-0.25, -0.2) is 14.6 Å². The first-order valence-electron chi connectivity index (χ1n) is 10.4. The summed E-state index contributed by atoms with van der Waals surface area (Å²) >= 11 is 13.1. The van der Waals surface area contributed by atoms with E-state index in [9.17, 15) is 19.5 Å². The van der Waals surface area contributed by atoms with Crippen LogP contribution in [0.3, 0.4) is 0 Å². The lowest BCUT2D eigenvalue weighted by molar-refractivity contribution is -0.139. The quantitative estimate of drug-likeness (QED) is 0.467. The first-order chi connectivity index (χ1) is 16.7. The summed E-state index contributed by atoms with van der Waals surface area (Å²) < 4.78 is 7.02. The summed E-state index contributed by atoms with van der Waals surface area (Å²) in [6.07, 6.45) is 1.47. The number of allylic oxidation sites excluding steroid dienone is 1. The molecule has 8 nitrogen and oxygen atoms in total. The van der Waals surface area contributed by atoms with Crippen LogP contribution in [0, 0.1) is 0 Å². The fourth-order valence-electron chi connectivity index (χ4n) is 3.68. The highest BCUT2D eigenvalue weighted by molar-refractivity contribution is 7.07. The van der Waals surface area contributed by atoms with Crippen LogP contribution in [0.1, 0.15) is 35.8 Å². The summed E-state index contributed by atoms with van der Waals surface area (Å²) in [6, 6.07) is 10.6. The highest BCUT2D eigenvalue weighted by Crippen LogP contribution is 2.31. The highest BCUT2D eigenvalue weighted by atomic mass is 35.5. The summed E-state index contributed by atoms with van der Waals surface area (Å²) in [6.45, 7) is 3.58. The van der Waals surface area contributed by atoms with E-state index in [-0.39, 0.29) is 28.3 Å². The molecule has 2 heterocycles. The molecule has 0 fully saturated rings. The number of anilines is 1. The molecule has 0 radical (unpaired) electrons. The Kier molecular flexibility index (Phi) is 7.11. The minimum atomic E-state index is -1.16. The Morgan fingerprint density at radius 3 is 2.60 bits per heavy atom. The lowest BCUT2D eigenvalue weighted by Crippen LogP contribution is -2.40. The number of aromatic nitrogens is 1. The summed E-state index contributed by atoms with van der Waals surface area (Å²) in [7, 11) is 0. The summed E-state index contributed by atoms with van der Waals surface area (Å²) in [5.74, 6) is -1.72. The van der Waals surface area contributed by atoms with Gasteiger partial charge in [0.05, 0.1) is 34.5 Å². The Hall–Kier alpha value is -3.40. The molecular formula is C24H19Cl2N3O5S. The zero-order chi connectivity index (χ0) is 25.3. The number of fused-ring (bicyclic) bond motifs is 1. The summed E-state index contributed by atoms with van der Waals surface area (Å²) in [5.41, 5.74) is 1.40. The minimum absolute atomic E-state index is 0.0658. The molecule has 3 aromatic rings. The maximum atomic E-state index is 13.5. The second kappa shape index (κ2) is 10.1. The second-order valence-electron chi connectivity index (χ2n) is 7.50. The normalized spacial score (nSPS) is 15.4. The van der Waals surface area contributed by atoms with Crippen molar-refractivity contribution in [2.45, 2.75) is 19.9 Å². The third kappa shape index (κ3) is 4.88. The Bertz CT molecular complexity index is 1540. The number of aromatic carboxylic acids is 1.